The number of nitrogens with zero attached hydrogens (tertiary/aromatic N) is 3. The molecule has 0 atom stereocenters. The first-order valence-corrected chi connectivity index (χ1v) is 9.87. The van der Waals surface area contributed by atoms with E-state index in [1.54, 1.807) is 4.90 Å². The molecule has 5 nitrogen and oxygen atoms in total. The van der Waals surface area contributed by atoms with Gasteiger partial charge in [-0.25, -0.2) is 9.37 Å². The van der Waals surface area contributed by atoms with Gasteiger partial charge in [0, 0.05) is 13.1 Å². The Hall–Kier alpha value is -2.51. The summed E-state index contributed by atoms with van der Waals surface area (Å²) in [5.41, 5.74) is 3.24. The number of likely N-dealkylation sites (N-methyl/N-ethyl adjacent to an activating group) is 1. The number of hydrogen-bond acceptors (Lipinski definition) is 5. The van der Waals surface area contributed by atoms with Crippen LogP contribution in [-0.4, -0.2) is 49.6 Å². The second-order valence-corrected chi connectivity index (χ2v) is 7.95. The third-order valence-corrected chi connectivity index (χ3v) is 5.60. The minimum Gasteiger partial charge on any atom is -0.484 e. The molecule has 7 heteroatoms. The van der Waals surface area contributed by atoms with Crippen LogP contribution in [0.2, 0.25) is 0 Å². The van der Waals surface area contributed by atoms with Crippen molar-refractivity contribution in [1.29, 1.82) is 0 Å². The number of benzene rings is 2. The summed E-state index contributed by atoms with van der Waals surface area (Å²) in [5.74, 6) is -0.0656. The number of thiazole rings is 1. The second-order valence-electron chi connectivity index (χ2n) is 6.94. The van der Waals surface area contributed by atoms with Crippen molar-refractivity contribution in [1.82, 2.24) is 9.88 Å². The Morgan fingerprint density at radius 1 is 1.11 bits per heavy atom. The van der Waals surface area contributed by atoms with Gasteiger partial charge in [-0.1, -0.05) is 17.4 Å². The first kappa shape index (κ1) is 20.2. The summed E-state index contributed by atoms with van der Waals surface area (Å²) in [6, 6.07) is 9.75. The second kappa shape index (κ2) is 8.67. The molecule has 0 N–H and O–H groups in total. The zero-order chi connectivity index (χ0) is 20.3. The highest BCUT2D eigenvalue weighted by atomic mass is 32.1. The van der Waals surface area contributed by atoms with E-state index in [2.05, 4.69) is 13.0 Å². The normalized spacial score (nSPS) is 11.2. The molecule has 0 fully saturated rings. The Balaban J connectivity index is 1.82. The molecule has 0 spiro atoms. The Bertz CT molecular complexity index is 970. The number of carbonyl (C=O) groups is 1. The molecule has 1 aromatic heterocycles. The van der Waals surface area contributed by atoms with Gasteiger partial charge in [0.05, 0.1) is 10.2 Å². The molecular weight excluding hydrogens is 377 g/mol. The molecule has 0 unspecified atom stereocenters. The number of ether oxygens (including phenoxy) is 1. The lowest BCUT2D eigenvalue weighted by Gasteiger charge is -2.22. The third-order valence-electron chi connectivity index (χ3n) is 4.55. The standard InChI is InChI=1S/C21H24FN3O2S/c1-14-5-10-18-20(15(14)2)23-21(28-18)25(12-11-24(3)4)19(26)13-27-17-8-6-16(22)7-9-17/h5-10H,11-13H2,1-4H3. The molecule has 0 aliphatic carbocycles. The Morgan fingerprint density at radius 2 is 1.82 bits per heavy atom. The molecule has 0 saturated heterocycles. The van der Waals surface area contributed by atoms with E-state index in [0.29, 0.717) is 24.0 Å². The van der Waals surface area contributed by atoms with Gasteiger partial charge in [-0.15, -0.1) is 0 Å². The third kappa shape index (κ3) is 4.66. The van der Waals surface area contributed by atoms with Gasteiger partial charge in [-0.2, -0.15) is 0 Å². The molecule has 0 saturated carbocycles. The minimum absolute atomic E-state index is 0.132. The summed E-state index contributed by atoms with van der Waals surface area (Å²) in [7, 11) is 3.92. The Labute approximate surface area is 168 Å². The molecule has 3 aromatic rings. The van der Waals surface area contributed by atoms with Crippen LogP contribution in [0.5, 0.6) is 5.75 Å². The van der Waals surface area contributed by atoms with Crippen molar-refractivity contribution in [2.75, 3.05) is 38.7 Å². The molecule has 1 heterocycles. The summed E-state index contributed by atoms with van der Waals surface area (Å²) >= 11 is 1.50. The topological polar surface area (TPSA) is 45.7 Å². The highest BCUT2D eigenvalue weighted by Gasteiger charge is 2.21. The minimum atomic E-state index is -0.341. The van der Waals surface area contributed by atoms with Gasteiger partial charge in [0.15, 0.2) is 11.7 Å². The Morgan fingerprint density at radius 3 is 2.50 bits per heavy atom. The number of hydrogen-bond donors (Lipinski definition) is 0. The molecule has 148 valence electrons. The van der Waals surface area contributed by atoms with Gasteiger partial charge in [0.1, 0.15) is 11.6 Å². The summed E-state index contributed by atoms with van der Waals surface area (Å²) < 4.78 is 19.6. The molecule has 2 aromatic carbocycles. The number of anilines is 1. The lowest BCUT2D eigenvalue weighted by molar-refractivity contribution is -0.120. The fraction of sp³-hybridized carbons (Fsp3) is 0.333. The van der Waals surface area contributed by atoms with Gasteiger partial charge >= 0.3 is 0 Å². The van der Waals surface area contributed by atoms with Crippen LogP contribution in [0.25, 0.3) is 10.2 Å². The van der Waals surface area contributed by atoms with Crippen LogP contribution in [0.15, 0.2) is 36.4 Å². The van der Waals surface area contributed by atoms with E-state index in [-0.39, 0.29) is 18.3 Å². The van der Waals surface area contributed by atoms with Gasteiger partial charge in [-0.05, 0) is 69.4 Å². The SMILES string of the molecule is Cc1ccc2sc(N(CCN(C)C)C(=O)COc3ccc(F)cc3)nc2c1C. The van der Waals surface area contributed by atoms with Gasteiger partial charge in [-0.3, -0.25) is 9.69 Å². The molecule has 0 aliphatic heterocycles. The largest absolute Gasteiger partial charge is 0.484 e. The average molecular weight is 402 g/mol. The number of fused-ring (bicyclic) bond motifs is 1. The monoisotopic (exact) mass is 401 g/mol. The fourth-order valence-corrected chi connectivity index (χ4v) is 3.78. The van der Waals surface area contributed by atoms with E-state index in [1.807, 2.05) is 32.0 Å². The Kier molecular flexibility index (Phi) is 6.26. The maximum Gasteiger partial charge on any atom is 0.266 e. The number of carbonyl (C=O) groups excluding carboxylic acids is 1. The molecule has 3 rings (SSSR count). The molecule has 28 heavy (non-hydrogen) atoms. The lowest BCUT2D eigenvalue weighted by atomic mass is 10.1. The number of amides is 1. The van der Waals surface area contributed by atoms with E-state index in [1.165, 1.54) is 41.2 Å². The first-order chi connectivity index (χ1) is 13.3. The van der Waals surface area contributed by atoms with E-state index >= 15 is 0 Å². The van der Waals surface area contributed by atoms with E-state index in [0.717, 1.165) is 15.8 Å². The number of halogens is 1. The first-order valence-electron chi connectivity index (χ1n) is 9.05. The molecule has 0 bridgehead atoms. The molecule has 1 amide bonds. The molecule has 0 radical (unpaired) electrons. The molecular formula is C21H24FN3O2S. The van der Waals surface area contributed by atoms with Gasteiger partial charge in [0.25, 0.3) is 5.91 Å². The van der Waals surface area contributed by atoms with Crippen LogP contribution in [0.1, 0.15) is 11.1 Å². The predicted molar refractivity (Wildman–Crippen MR) is 112 cm³/mol. The number of rotatable bonds is 7. The van der Waals surface area contributed by atoms with Crippen LogP contribution in [0, 0.1) is 19.7 Å². The van der Waals surface area contributed by atoms with Crippen molar-refractivity contribution in [3.63, 3.8) is 0 Å². The van der Waals surface area contributed by atoms with Gasteiger partial charge < -0.3 is 9.64 Å². The maximum absolute atomic E-state index is 13.0. The van der Waals surface area contributed by atoms with Crippen LogP contribution in [0.4, 0.5) is 9.52 Å². The quantitative estimate of drug-likeness (QED) is 0.600. The predicted octanol–water partition coefficient (Wildman–Crippen LogP) is 4.03. The van der Waals surface area contributed by atoms with Crippen molar-refractivity contribution in [3.05, 3.63) is 53.3 Å². The van der Waals surface area contributed by atoms with Crippen molar-refractivity contribution < 1.29 is 13.9 Å². The van der Waals surface area contributed by atoms with Crippen molar-refractivity contribution >= 4 is 32.6 Å². The van der Waals surface area contributed by atoms with Crippen LogP contribution in [-0.2, 0) is 4.79 Å². The van der Waals surface area contributed by atoms with Crippen molar-refractivity contribution in [2.45, 2.75) is 13.8 Å². The summed E-state index contributed by atoms with van der Waals surface area (Å²) in [6.07, 6.45) is 0. The van der Waals surface area contributed by atoms with Crippen molar-refractivity contribution in [3.8, 4) is 5.75 Å². The van der Waals surface area contributed by atoms with E-state index < -0.39 is 0 Å². The fourth-order valence-electron chi connectivity index (χ4n) is 2.71. The van der Waals surface area contributed by atoms with Crippen LogP contribution >= 0.6 is 11.3 Å². The number of aromatic nitrogens is 1. The summed E-state index contributed by atoms with van der Waals surface area (Å²) in [6.45, 7) is 5.18. The highest BCUT2D eigenvalue weighted by Crippen LogP contribution is 2.32. The van der Waals surface area contributed by atoms with Gasteiger partial charge in [0.2, 0.25) is 0 Å². The van der Waals surface area contributed by atoms with Crippen molar-refractivity contribution in [2.24, 2.45) is 0 Å². The average Bonchev–Trinajstić information content (AvgIpc) is 3.09. The van der Waals surface area contributed by atoms with E-state index in [9.17, 15) is 9.18 Å². The zero-order valence-corrected chi connectivity index (χ0v) is 17.3. The molecule has 0 aliphatic rings. The number of aryl methyl sites for hydroxylation is 2. The zero-order valence-electron chi connectivity index (χ0n) is 16.5. The maximum atomic E-state index is 13.0. The summed E-state index contributed by atoms with van der Waals surface area (Å²) in [5, 5.41) is 0.665. The highest BCUT2D eigenvalue weighted by molar-refractivity contribution is 7.22. The summed E-state index contributed by atoms with van der Waals surface area (Å²) in [4.78, 5) is 21.3. The van der Waals surface area contributed by atoms with Crippen LogP contribution in [0.3, 0.4) is 0 Å². The lowest BCUT2D eigenvalue weighted by Crippen LogP contribution is -2.39. The van der Waals surface area contributed by atoms with E-state index in [4.69, 9.17) is 9.72 Å². The van der Waals surface area contributed by atoms with Crippen LogP contribution < -0.4 is 9.64 Å². The smallest absolute Gasteiger partial charge is 0.266 e.